The molecular weight excluding hydrogens is 332 g/mol. The molecule has 3 rings (SSSR count). The van der Waals surface area contributed by atoms with Crippen LogP contribution in [0, 0.1) is 27.9 Å². The Balaban J connectivity index is 1.65. The molecule has 2 aliphatic carbocycles. The number of nitro benzene ring substituents is 1. The Morgan fingerprint density at radius 2 is 1.62 bits per heavy atom. The van der Waals surface area contributed by atoms with E-state index >= 15 is 0 Å². The molecule has 0 saturated heterocycles. The molecule has 6 nitrogen and oxygen atoms in total. The second-order valence-corrected chi connectivity index (χ2v) is 6.98. The van der Waals surface area contributed by atoms with E-state index in [0.29, 0.717) is 11.8 Å². The molecule has 2 atom stereocenters. The zero-order valence-electron chi connectivity index (χ0n) is 14.6. The first-order chi connectivity index (χ1) is 12.6. The van der Waals surface area contributed by atoms with Crippen LogP contribution < -0.4 is 5.32 Å². The number of nitrogens with zero attached hydrogens (tertiary/aromatic N) is 1. The minimum Gasteiger partial charge on any atom is -0.506 e. The lowest BCUT2D eigenvalue weighted by atomic mass is 10.1. The number of allylic oxidation sites excluding steroid dienone is 4. The Bertz CT molecular complexity index is 717. The molecule has 0 spiro atoms. The van der Waals surface area contributed by atoms with E-state index in [9.17, 15) is 20.0 Å². The van der Waals surface area contributed by atoms with Crippen molar-refractivity contribution in [2.24, 2.45) is 17.8 Å². The van der Waals surface area contributed by atoms with Crippen molar-refractivity contribution >= 4 is 17.3 Å². The zero-order valence-corrected chi connectivity index (χ0v) is 14.6. The molecular formula is C20H24N2O4. The minimum absolute atomic E-state index is 0.0489. The molecule has 1 aromatic carbocycles. The van der Waals surface area contributed by atoms with Crippen molar-refractivity contribution in [1.82, 2.24) is 0 Å². The van der Waals surface area contributed by atoms with Gasteiger partial charge < -0.3 is 10.4 Å². The molecule has 0 radical (unpaired) electrons. The van der Waals surface area contributed by atoms with Crippen molar-refractivity contribution < 1.29 is 14.8 Å². The van der Waals surface area contributed by atoms with Crippen molar-refractivity contribution in [2.45, 2.75) is 38.5 Å². The van der Waals surface area contributed by atoms with Crippen LogP contribution in [0.3, 0.4) is 0 Å². The van der Waals surface area contributed by atoms with Crippen molar-refractivity contribution in [3.63, 3.8) is 0 Å². The zero-order chi connectivity index (χ0) is 18.5. The van der Waals surface area contributed by atoms with E-state index in [2.05, 4.69) is 29.6 Å². The number of aromatic hydroxyl groups is 1. The highest BCUT2D eigenvalue weighted by Gasteiger charge is 2.52. The van der Waals surface area contributed by atoms with Gasteiger partial charge in [-0.2, -0.15) is 0 Å². The van der Waals surface area contributed by atoms with Crippen LogP contribution in [0.2, 0.25) is 0 Å². The van der Waals surface area contributed by atoms with Crippen LogP contribution in [0.15, 0.2) is 42.5 Å². The lowest BCUT2D eigenvalue weighted by molar-refractivity contribution is -0.384. The summed E-state index contributed by atoms with van der Waals surface area (Å²) >= 11 is 0. The molecule has 26 heavy (non-hydrogen) atoms. The van der Waals surface area contributed by atoms with Gasteiger partial charge in [0.1, 0.15) is 5.75 Å². The van der Waals surface area contributed by atoms with Gasteiger partial charge in [-0.15, -0.1) is 0 Å². The van der Waals surface area contributed by atoms with Crippen LogP contribution in [0.4, 0.5) is 11.4 Å². The number of fused-ring (bicyclic) bond motifs is 1. The minimum atomic E-state index is -0.577. The second-order valence-electron chi connectivity index (χ2n) is 6.98. The molecule has 2 aliphatic rings. The maximum Gasteiger partial charge on any atom is 0.273 e. The van der Waals surface area contributed by atoms with Crippen LogP contribution in [-0.2, 0) is 4.79 Å². The Morgan fingerprint density at radius 1 is 1.04 bits per heavy atom. The number of non-ortho nitro benzene ring substituents is 1. The molecule has 0 aliphatic heterocycles. The largest absolute Gasteiger partial charge is 0.506 e. The van der Waals surface area contributed by atoms with E-state index in [1.807, 2.05) is 0 Å². The van der Waals surface area contributed by atoms with E-state index < -0.39 is 4.92 Å². The lowest BCUT2D eigenvalue weighted by Gasteiger charge is -2.07. The van der Waals surface area contributed by atoms with Crippen LogP contribution in [0.5, 0.6) is 5.75 Å². The Kier molecular flexibility index (Phi) is 5.71. The SMILES string of the molecule is O=C(Nc1ccc([N+](=O)[O-])cc1O)C1[C@H]2CC/C=C\CC/C=C\CC[C@H]12. The number of carbonyl (C=O) groups is 1. The fourth-order valence-corrected chi connectivity index (χ4v) is 3.82. The summed E-state index contributed by atoms with van der Waals surface area (Å²) in [4.78, 5) is 22.8. The van der Waals surface area contributed by atoms with E-state index in [-0.39, 0.29) is 28.9 Å². The van der Waals surface area contributed by atoms with Crippen LogP contribution in [0.25, 0.3) is 0 Å². The monoisotopic (exact) mass is 356 g/mol. The fourth-order valence-electron chi connectivity index (χ4n) is 3.82. The molecule has 138 valence electrons. The lowest BCUT2D eigenvalue weighted by Crippen LogP contribution is -2.16. The highest BCUT2D eigenvalue weighted by atomic mass is 16.6. The molecule has 1 amide bonds. The van der Waals surface area contributed by atoms with Gasteiger partial charge in [-0.25, -0.2) is 0 Å². The summed E-state index contributed by atoms with van der Waals surface area (Å²) in [6, 6.07) is 3.72. The molecule has 0 unspecified atom stereocenters. The third kappa shape index (κ3) is 4.31. The van der Waals surface area contributed by atoms with Gasteiger partial charge in [-0.05, 0) is 56.4 Å². The van der Waals surface area contributed by atoms with E-state index in [1.165, 1.54) is 12.1 Å². The van der Waals surface area contributed by atoms with Crippen molar-refractivity contribution in [1.29, 1.82) is 0 Å². The fraction of sp³-hybridized carbons (Fsp3) is 0.450. The molecule has 1 aromatic rings. The number of nitrogens with one attached hydrogen (secondary N) is 1. The number of rotatable bonds is 3. The number of anilines is 1. The number of phenolic OH excluding ortho intramolecular Hbond substituents is 1. The van der Waals surface area contributed by atoms with Gasteiger partial charge in [0.2, 0.25) is 5.91 Å². The average molecular weight is 356 g/mol. The highest BCUT2D eigenvalue weighted by Crippen LogP contribution is 2.52. The second kappa shape index (κ2) is 8.17. The summed E-state index contributed by atoms with van der Waals surface area (Å²) in [5.41, 5.74) is 0.0227. The maximum absolute atomic E-state index is 12.7. The summed E-state index contributed by atoms with van der Waals surface area (Å²) in [5, 5.41) is 23.4. The molecule has 0 aromatic heterocycles. The average Bonchev–Trinajstić information content (AvgIpc) is 3.29. The predicted octanol–water partition coefficient (Wildman–Crippen LogP) is 4.57. The molecule has 1 saturated carbocycles. The number of nitro groups is 1. The topological polar surface area (TPSA) is 92.5 Å². The first-order valence-corrected chi connectivity index (χ1v) is 9.16. The number of hydrogen-bond acceptors (Lipinski definition) is 4. The first kappa shape index (κ1) is 18.2. The third-order valence-corrected chi connectivity index (χ3v) is 5.25. The van der Waals surface area contributed by atoms with Gasteiger partial charge >= 0.3 is 0 Å². The van der Waals surface area contributed by atoms with Gasteiger partial charge in [0.05, 0.1) is 16.7 Å². The maximum atomic E-state index is 12.7. The van der Waals surface area contributed by atoms with Gasteiger partial charge in [0, 0.05) is 12.0 Å². The quantitative estimate of drug-likeness (QED) is 0.359. The highest BCUT2D eigenvalue weighted by molar-refractivity contribution is 5.96. The van der Waals surface area contributed by atoms with Gasteiger partial charge in [0.15, 0.2) is 0 Å². The Labute approximate surface area is 152 Å². The summed E-state index contributed by atoms with van der Waals surface area (Å²) in [5.74, 6) is 0.303. The smallest absolute Gasteiger partial charge is 0.273 e. The van der Waals surface area contributed by atoms with Crippen LogP contribution >= 0.6 is 0 Å². The number of benzene rings is 1. The number of amides is 1. The van der Waals surface area contributed by atoms with E-state index in [0.717, 1.165) is 44.6 Å². The molecule has 1 fully saturated rings. The van der Waals surface area contributed by atoms with Gasteiger partial charge in [-0.3, -0.25) is 14.9 Å². The van der Waals surface area contributed by atoms with Crippen molar-refractivity contribution in [2.75, 3.05) is 5.32 Å². The van der Waals surface area contributed by atoms with E-state index in [1.54, 1.807) is 0 Å². The number of hydrogen-bond donors (Lipinski definition) is 2. The summed E-state index contributed by atoms with van der Waals surface area (Å²) in [6.45, 7) is 0. The molecule has 0 heterocycles. The predicted molar refractivity (Wildman–Crippen MR) is 99.8 cm³/mol. The molecule has 2 N–H and O–H groups in total. The third-order valence-electron chi connectivity index (χ3n) is 5.25. The van der Waals surface area contributed by atoms with Gasteiger partial charge in [0.25, 0.3) is 5.69 Å². The number of carbonyl (C=O) groups excluding carboxylic acids is 1. The van der Waals surface area contributed by atoms with Crippen molar-refractivity contribution in [3.8, 4) is 5.75 Å². The number of phenols is 1. The summed E-state index contributed by atoms with van der Waals surface area (Å²) in [6.07, 6.45) is 14.9. The van der Waals surface area contributed by atoms with Crippen molar-refractivity contribution in [3.05, 3.63) is 52.6 Å². The Hall–Kier alpha value is -2.63. The molecule has 6 heteroatoms. The van der Waals surface area contributed by atoms with Crippen LogP contribution in [-0.4, -0.2) is 15.9 Å². The Morgan fingerprint density at radius 3 is 2.15 bits per heavy atom. The first-order valence-electron chi connectivity index (χ1n) is 9.16. The normalized spacial score (nSPS) is 27.9. The standard InChI is InChI=1S/C20H24N2O4/c23-18-13-14(22(25)26)11-12-17(18)21-20(24)19-15-9-7-5-3-1-2-4-6-8-10-16(15)19/h3-6,11-13,15-16,19,23H,1-2,7-10H2,(H,21,24)/b5-3-,6-4-/t15-,16-/m0/s1. The van der Waals surface area contributed by atoms with E-state index in [4.69, 9.17) is 0 Å². The summed E-state index contributed by atoms with van der Waals surface area (Å²) < 4.78 is 0. The summed E-state index contributed by atoms with van der Waals surface area (Å²) in [7, 11) is 0. The van der Waals surface area contributed by atoms with Gasteiger partial charge in [-0.1, -0.05) is 24.3 Å². The molecule has 0 bridgehead atoms. The van der Waals surface area contributed by atoms with Crippen LogP contribution in [0.1, 0.15) is 38.5 Å².